The number of piperazine rings is 1. The van der Waals surface area contributed by atoms with Crippen molar-refractivity contribution in [2.75, 3.05) is 46.3 Å². The monoisotopic (exact) mass is 371 g/mol. The Morgan fingerprint density at radius 2 is 2.15 bits per heavy atom. The van der Waals surface area contributed by atoms with Crippen LogP contribution in [0.1, 0.15) is 16.1 Å². The van der Waals surface area contributed by atoms with Gasteiger partial charge in [0.15, 0.2) is 0 Å². The van der Waals surface area contributed by atoms with Crippen LogP contribution in [0.3, 0.4) is 0 Å². The van der Waals surface area contributed by atoms with Crippen LogP contribution in [-0.4, -0.2) is 71.6 Å². The quantitative estimate of drug-likeness (QED) is 0.868. The van der Waals surface area contributed by atoms with Crippen molar-refractivity contribution in [1.82, 2.24) is 24.7 Å². The number of amides is 1. The number of carbonyl (C=O) groups is 1. The first-order chi connectivity index (χ1) is 12.7. The van der Waals surface area contributed by atoms with Crippen LogP contribution in [0, 0.1) is 0 Å². The molecule has 0 bridgehead atoms. The molecule has 0 unspecified atom stereocenters. The van der Waals surface area contributed by atoms with Gasteiger partial charge in [0.25, 0.3) is 5.91 Å². The molecule has 0 radical (unpaired) electrons. The molecule has 1 saturated heterocycles. The summed E-state index contributed by atoms with van der Waals surface area (Å²) in [5.41, 5.74) is 4.09. The van der Waals surface area contributed by atoms with E-state index in [0.717, 1.165) is 66.9 Å². The molecule has 4 rings (SSSR count). The molecule has 0 aromatic carbocycles. The fraction of sp³-hybridized carbons (Fsp3) is 0.474. The Hall–Kier alpha value is -1.83. The van der Waals surface area contributed by atoms with Crippen molar-refractivity contribution in [2.45, 2.75) is 11.6 Å². The Labute approximate surface area is 158 Å². The molecule has 0 saturated carbocycles. The summed E-state index contributed by atoms with van der Waals surface area (Å²) in [6.45, 7) is 5.98. The van der Waals surface area contributed by atoms with E-state index in [1.54, 1.807) is 6.20 Å². The Morgan fingerprint density at radius 1 is 1.31 bits per heavy atom. The van der Waals surface area contributed by atoms with Crippen LogP contribution >= 0.6 is 11.8 Å². The molecule has 1 N–H and O–H groups in total. The van der Waals surface area contributed by atoms with Crippen LogP contribution in [0.25, 0.3) is 11.3 Å². The summed E-state index contributed by atoms with van der Waals surface area (Å²) < 4.78 is 2.25. The highest BCUT2D eigenvalue weighted by molar-refractivity contribution is 7.97. The number of hydrogen-bond acceptors (Lipinski definition) is 5. The zero-order valence-corrected chi connectivity index (χ0v) is 16.0. The van der Waals surface area contributed by atoms with E-state index in [1.165, 1.54) is 0 Å². The fourth-order valence-electron chi connectivity index (χ4n) is 3.57. The van der Waals surface area contributed by atoms with Crippen molar-refractivity contribution in [3.05, 3.63) is 41.9 Å². The lowest BCUT2D eigenvalue weighted by Crippen LogP contribution is -2.46. The van der Waals surface area contributed by atoms with E-state index < -0.39 is 0 Å². The van der Waals surface area contributed by atoms with E-state index in [1.807, 2.05) is 36.2 Å². The second-order valence-electron chi connectivity index (χ2n) is 6.94. The summed E-state index contributed by atoms with van der Waals surface area (Å²) in [6, 6.07) is 6.01. The molecule has 2 aliphatic heterocycles. The predicted molar refractivity (Wildman–Crippen MR) is 105 cm³/mol. The van der Waals surface area contributed by atoms with Gasteiger partial charge in [0.2, 0.25) is 0 Å². The SMILES string of the molecule is CN1CCN(CCNC(=O)c2cc(-c3cccnc3)n3c2CSC3)CC1. The molecule has 2 aromatic heterocycles. The lowest BCUT2D eigenvalue weighted by atomic mass is 10.2. The molecule has 0 atom stereocenters. The molecule has 7 heteroatoms. The smallest absolute Gasteiger partial charge is 0.253 e. The van der Waals surface area contributed by atoms with Crippen LogP contribution in [0.2, 0.25) is 0 Å². The van der Waals surface area contributed by atoms with Crippen molar-refractivity contribution >= 4 is 17.7 Å². The standard InChI is InChI=1S/C19H25N5OS/c1-22-7-9-23(10-8-22)6-5-21-19(25)16-11-17(15-3-2-4-20-12-15)24-14-26-13-18(16)24/h2-4,11-12H,5-10,13-14H2,1H3,(H,21,25). The Balaban J connectivity index is 1.42. The van der Waals surface area contributed by atoms with Crippen molar-refractivity contribution < 1.29 is 4.79 Å². The Bertz CT molecular complexity index is 768. The number of aromatic nitrogens is 2. The summed E-state index contributed by atoms with van der Waals surface area (Å²) in [6.07, 6.45) is 3.64. The summed E-state index contributed by atoms with van der Waals surface area (Å²) in [7, 11) is 2.16. The number of carbonyl (C=O) groups excluding carboxylic acids is 1. The van der Waals surface area contributed by atoms with Crippen molar-refractivity contribution in [3.63, 3.8) is 0 Å². The number of hydrogen-bond donors (Lipinski definition) is 1. The number of likely N-dealkylation sites (N-methyl/N-ethyl adjacent to an activating group) is 1. The molecule has 2 aromatic rings. The molecule has 0 aliphatic carbocycles. The first-order valence-electron chi connectivity index (χ1n) is 9.12. The molecule has 4 heterocycles. The molecule has 26 heavy (non-hydrogen) atoms. The number of nitrogens with zero attached hydrogens (tertiary/aromatic N) is 4. The van der Waals surface area contributed by atoms with Gasteiger partial charge >= 0.3 is 0 Å². The van der Waals surface area contributed by atoms with Crippen LogP contribution in [-0.2, 0) is 11.6 Å². The largest absolute Gasteiger partial charge is 0.351 e. The molecule has 2 aliphatic rings. The topological polar surface area (TPSA) is 53.4 Å². The lowest BCUT2D eigenvalue weighted by molar-refractivity contribution is 0.0940. The highest BCUT2D eigenvalue weighted by atomic mass is 32.2. The van der Waals surface area contributed by atoms with E-state index in [2.05, 4.69) is 31.7 Å². The van der Waals surface area contributed by atoms with E-state index in [0.29, 0.717) is 6.54 Å². The summed E-state index contributed by atoms with van der Waals surface area (Å²) >= 11 is 1.85. The van der Waals surface area contributed by atoms with Gasteiger partial charge < -0.3 is 14.8 Å². The number of rotatable bonds is 5. The van der Waals surface area contributed by atoms with Crippen molar-refractivity contribution in [3.8, 4) is 11.3 Å². The highest BCUT2D eigenvalue weighted by Crippen LogP contribution is 2.34. The maximum atomic E-state index is 12.8. The molecular weight excluding hydrogens is 346 g/mol. The third-order valence-corrected chi connectivity index (χ3v) is 6.10. The van der Waals surface area contributed by atoms with Crippen LogP contribution in [0.4, 0.5) is 0 Å². The minimum Gasteiger partial charge on any atom is -0.351 e. The Kier molecular flexibility index (Phi) is 5.28. The van der Waals surface area contributed by atoms with Gasteiger partial charge in [0.1, 0.15) is 0 Å². The number of fused-ring (bicyclic) bond motifs is 1. The van der Waals surface area contributed by atoms with E-state index in [4.69, 9.17) is 0 Å². The molecule has 1 amide bonds. The van der Waals surface area contributed by atoms with Gasteiger partial charge in [-0.3, -0.25) is 14.7 Å². The highest BCUT2D eigenvalue weighted by Gasteiger charge is 2.24. The molecule has 6 nitrogen and oxygen atoms in total. The zero-order valence-electron chi connectivity index (χ0n) is 15.1. The average Bonchev–Trinajstić information content (AvgIpc) is 3.26. The first kappa shape index (κ1) is 17.6. The third-order valence-electron chi connectivity index (χ3n) is 5.18. The van der Waals surface area contributed by atoms with Crippen LogP contribution < -0.4 is 5.32 Å². The van der Waals surface area contributed by atoms with Crippen molar-refractivity contribution in [2.24, 2.45) is 0 Å². The second-order valence-corrected chi connectivity index (χ2v) is 7.89. The van der Waals surface area contributed by atoms with Gasteiger partial charge in [-0.1, -0.05) is 0 Å². The lowest BCUT2D eigenvalue weighted by Gasteiger charge is -2.32. The average molecular weight is 372 g/mol. The van der Waals surface area contributed by atoms with Gasteiger partial charge in [-0.2, -0.15) is 0 Å². The van der Waals surface area contributed by atoms with Gasteiger partial charge in [-0.15, -0.1) is 11.8 Å². The molecule has 1 fully saturated rings. The zero-order chi connectivity index (χ0) is 17.9. The van der Waals surface area contributed by atoms with E-state index in [-0.39, 0.29) is 5.91 Å². The normalized spacial score (nSPS) is 18.0. The van der Waals surface area contributed by atoms with E-state index in [9.17, 15) is 4.79 Å². The fourth-order valence-corrected chi connectivity index (χ4v) is 4.64. The minimum atomic E-state index is 0.0421. The Morgan fingerprint density at radius 3 is 2.92 bits per heavy atom. The third kappa shape index (κ3) is 3.65. The summed E-state index contributed by atoms with van der Waals surface area (Å²) in [4.78, 5) is 21.7. The van der Waals surface area contributed by atoms with Gasteiger partial charge in [0.05, 0.1) is 17.1 Å². The summed E-state index contributed by atoms with van der Waals surface area (Å²) in [5.74, 6) is 1.83. The first-order valence-corrected chi connectivity index (χ1v) is 10.3. The number of nitrogens with one attached hydrogen (secondary N) is 1. The summed E-state index contributed by atoms with van der Waals surface area (Å²) in [5, 5.41) is 3.12. The van der Waals surface area contributed by atoms with Crippen LogP contribution in [0.5, 0.6) is 0 Å². The van der Waals surface area contributed by atoms with E-state index >= 15 is 0 Å². The predicted octanol–water partition coefficient (Wildman–Crippen LogP) is 1.73. The van der Waals surface area contributed by atoms with Gasteiger partial charge in [-0.05, 0) is 25.2 Å². The minimum absolute atomic E-state index is 0.0421. The molecule has 0 spiro atoms. The van der Waals surface area contributed by atoms with Crippen molar-refractivity contribution in [1.29, 1.82) is 0 Å². The molecular formula is C19H25N5OS. The second kappa shape index (κ2) is 7.82. The number of pyridine rings is 1. The van der Waals surface area contributed by atoms with Crippen LogP contribution in [0.15, 0.2) is 30.6 Å². The van der Waals surface area contributed by atoms with Gasteiger partial charge in [0, 0.05) is 68.7 Å². The maximum absolute atomic E-state index is 12.8. The molecule has 138 valence electrons. The number of thioether (sulfide) groups is 1. The van der Waals surface area contributed by atoms with Gasteiger partial charge in [-0.25, -0.2) is 0 Å². The maximum Gasteiger partial charge on any atom is 0.253 e.